The van der Waals surface area contributed by atoms with Gasteiger partial charge in [-0.25, -0.2) is 4.39 Å². The predicted molar refractivity (Wildman–Crippen MR) is 79.9 cm³/mol. The van der Waals surface area contributed by atoms with Gasteiger partial charge in [0.05, 0.1) is 12.5 Å². The molecule has 1 atom stereocenters. The number of rotatable bonds is 6. The molecule has 2 N–H and O–H groups in total. The van der Waals surface area contributed by atoms with E-state index in [2.05, 4.69) is 5.32 Å². The quantitative estimate of drug-likeness (QED) is 0.830. The molecule has 0 aromatic heterocycles. The highest BCUT2D eigenvalue weighted by atomic mass is 19.1. The minimum Gasteiger partial charge on any atom is -0.481 e. The lowest BCUT2D eigenvalue weighted by Gasteiger charge is -2.29. The molecule has 1 fully saturated rings. The average Bonchev–Trinajstić information content (AvgIpc) is 2.49. The first kappa shape index (κ1) is 16.4. The number of likely N-dealkylation sites (tertiary alicyclic amines) is 1. The Kier molecular flexibility index (Phi) is 5.89. The molecule has 1 amide bonds. The molecule has 1 aliphatic rings. The molecule has 22 heavy (non-hydrogen) atoms. The number of carboxylic acids is 1. The van der Waals surface area contributed by atoms with E-state index in [1.165, 1.54) is 12.1 Å². The lowest BCUT2D eigenvalue weighted by molar-refractivity contribution is -0.144. The second-order valence-corrected chi connectivity index (χ2v) is 5.64. The molecule has 0 aliphatic carbocycles. The summed E-state index contributed by atoms with van der Waals surface area (Å²) < 4.78 is 12.8. The zero-order valence-electron chi connectivity index (χ0n) is 12.4. The van der Waals surface area contributed by atoms with Gasteiger partial charge in [-0.3, -0.25) is 14.5 Å². The van der Waals surface area contributed by atoms with Gasteiger partial charge in [-0.1, -0.05) is 12.1 Å². The van der Waals surface area contributed by atoms with E-state index >= 15 is 0 Å². The highest BCUT2D eigenvalue weighted by Crippen LogP contribution is 2.16. The summed E-state index contributed by atoms with van der Waals surface area (Å²) in [4.78, 5) is 24.7. The van der Waals surface area contributed by atoms with Gasteiger partial charge in [0.2, 0.25) is 5.91 Å². The van der Waals surface area contributed by atoms with Crippen LogP contribution in [0.2, 0.25) is 0 Å². The molecular formula is C16H21FN2O3. The highest BCUT2D eigenvalue weighted by Gasteiger charge is 2.26. The summed E-state index contributed by atoms with van der Waals surface area (Å²) >= 11 is 0. The molecule has 6 heteroatoms. The first-order valence-electron chi connectivity index (χ1n) is 7.51. The maximum Gasteiger partial charge on any atom is 0.307 e. The van der Waals surface area contributed by atoms with Crippen LogP contribution in [-0.2, 0) is 16.0 Å². The lowest BCUT2D eigenvalue weighted by atomic mass is 9.98. The highest BCUT2D eigenvalue weighted by molar-refractivity contribution is 5.78. The van der Waals surface area contributed by atoms with Gasteiger partial charge in [0.15, 0.2) is 0 Å². The fourth-order valence-corrected chi connectivity index (χ4v) is 2.66. The average molecular weight is 308 g/mol. The number of halogens is 1. The van der Waals surface area contributed by atoms with Crippen molar-refractivity contribution in [2.24, 2.45) is 5.92 Å². The molecule has 0 radical (unpaired) electrons. The number of hydrogen-bond acceptors (Lipinski definition) is 3. The number of nitrogens with zero attached hydrogens (tertiary/aromatic N) is 1. The number of piperidine rings is 1. The van der Waals surface area contributed by atoms with E-state index in [0.717, 1.165) is 18.5 Å². The van der Waals surface area contributed by atoms with Crippen LogP contribution in [0.3, 0.4) is 0 Å². The van der Waals surface area contributed by atoms with Crippen LogP contribution in [0, 0.1) is 11.7 Å². The SMILES string of the molecule is O=C(CN1CCCC(C(=O)O)C1)NCCc1ccc(F)cc1. The summed E-state index contributed by atoms with van der Waals surface area (Å²) in [5, 5.41) is 11.8. The van der Waals surface area contributed by atoms with Crippen molar-refractivity contribution in [1.29, 1.82) is 0 Å². The number of nitrogens with one attached hydrogen (secondary N) is 1. The summed E-state index contributed by atoms with van der Waals surface area (Å²) in [6.07, 6.45) is 2.13. The minimum absolute atomic E-state index is 0.104. The molecule has 1 aliphatic heterocycles. The lowest BCUT2D eigenvalue weighted by Crippen LogP contribution is -2.44. The summed E-state index contributed by atoms with van der Waals surface area (Å²) in [5.74, 6) is -1.54. The Morgan fingerprint density at radius 3 is 2.73 bits per heavy atom. The Hall–Kier alpha value is -1.95. The van der Waals surface area contributed by atoms with Crippen LogP contribution in [0.5, 0.6) is 0 Å². The van der Waals surface area contributed by atoms with Crippen LogP contribution in [0.15, 0.2) is 24.3 Å². The van der Waals surface area contributed by atoms with Gasteiger partial charge >= 0.3 is 5.97 Å². The van der Waals surface area contributed by atoms with Crippen molar-refractivity contribution in [1.82, 2.24) is 10.2 Å². The third-order valence-electron chi connectivity index (χ3n) is 3.87. The number of benzene rings is 1. The summed E-state index contributed by atoms with van der Waals surface area (Å²) in [6, 6.07) is 6.20. The van der Waals surface area contributed by atoms with Crippen molar-refractivity contribution < 1.29 is 19.1 Å². The fraction of sp³-hybridized carbons (Fsp3) is 0.500. The maximum atomic E-state index is 12.8. The topological polar surface area (TPSA) is 69.6 Å². The molecular weight excluding hydrogens is 287 g/mol. The summed E-state index contributed by atoms with van der Waals surface area (Å²) in [6.45, 7) is 1.91. The van der Waals surface area contributed by atoms with Gasteiger partial charge in [0, 0.05) is 13.1 Å². The molecule has 1 unspecified atom stereocenters. The third kappa shape index (κ3) is 5.11. The smallest absolute Gasteiger partial charge is 0.307 e. The molecule has 1 saturated heterocycles. The number of amides is 1. The standard InChI is InChI=1S/C16H21FN2O3/c17-14-5-3-12(4-6-14)7-8-18-15(20)11-19-9-1-2-13(10-19)16(21)22/h3-6,13H,1-2,7-11H2,(H,18,20)(H,21,22). The molecule has 0 spiro atoms. The second-order valence-electron chi connectivity index (χ2n) is 5.64. The van der Waals surface area contributed by atoms with Crippen molar-refractivity contribution in [3.8, 4) is 0 Å². The van der Waals surface area contributed by atoms with Crippen molar-refractivity contribution in [2.45, 2.75) is 19.3 Å². The van der Waals surface area contributed by atoms with Gasteiger partial charge in [0.1, 0.15) is 5.82 Å². The molecule has 5 nitrogen and oxygen atoms in total. The first-order valence-corrected chi connectivity index (χ1v) is 7.51. The van der Waals surface area contributed by atoms with Crippen LogP contribution in [0.1, 0.15) is 18.4 Å². The van der Waals surface area contributed by atoms with Crippen LogP contribution >= 0.6 is 0 Å². The monoisotopic (exact) mass is 308 g/mol. The number of aliphatic carboxylic acids is 1. The largest absolute Gasteiger partial charge is 0.481 e. The maximum absolute atomic E-state index is 12.8. The van der Waals surface area contributed by atoms with Crippen LogP contribution in [0.4, 0.5) is 4.39 Å². The number of hydrogen-bond donors (Lipinski definition) is 2. The Morgan fingerprint density at radius 2 is 2.05 bits per heavy atom. The van der Waals surface area contributed by atoms with E-state index in [1.54, 1.807) is 12.1 Å². The second kappa shape index (κ2) is 7.89. The fourth-order valence-electron chi connectivity index (χ4n) is 2.66. The molecule has 1 aromatic carbocycles. The van der Waals surface area contributed by atoms with E-state index in [4.69, 9.17) is 5.11 Å². The Bertz CT molecular complexity index is 519. The number of carboxylic acid groups (broad SMARTS) is 1. The normalized spacial score (nSPS) is 18.9. The van der Waals surface area contributed by atoms with Crippen molar-refractivity contribution in [2.75, 3.05) is 26.2 Å². The van der Waals surface area contributed by atoms with Gasteiger partial charge in [-0.15, -0.1) is 0 Å². The minimum atomic E-state index is -0.790. The van der Waals surface area contributed by atoms with Crippen molar-refractivity contribution in [3.63, 3.8) is 0 Å². The number of carbonyl (C=O) groups is 2. The first-order chi connectivity index (χ1) is 10.5. The number of carbonyl (C=O) groups excluding carboxylic acids is 1. The Morgan fingerprint density at radius 1 is 1.32 bits per heavy atom. The zero-order chi connectivity index (χ0) is 15.9. The summed E-state index contributed by atoms with van der Waals surface area (Å²) in [5.41, 5.74) is 0.964. The van der Waals surface area contributed by atoms with Gasteiger partial charge in [0.25, 0.3) is 0 Å². The van der Waals surface area contributed by atoms with E-state index in [1.807, 2.05) is 4.90 Å². The third-order valence-corrected chi connectivity index (χ3v) is 3.87. The molecule has 1 heterocycles. The van der Waals surface area contributed by atoms with Crippen LogP contribution in [-0.4, -0.2) is 48.1 Å². The van der Waals surface area contributed by atoms with E-state index < -0.39 is 5.97 Å². The van der Waals surface area contributed by atoms with Crippen LogP contribution < -0.4 is 5.32 Å². The summed E-state index contributed by atoms with van der Waals surface area (Å²) in [7, 11) is 0. The Labute approximate surface area is 129 Å². The molecule has 0 bridgehead atoms. The Balaban J connectivity index is 1.69. The molecule has 120 valence electrons. The van der Waals surface area contributed by atoms with Crippen molar-refractivity contribution >= 4 is 11.9 Å². The van der Waals surface area contributed by atoms with Crippen LogP contribution in [0.25, 0.3) is 0 Å². The molecule has 1 aromatic rings. The zero-order valence-corrected chi connectivity index (χ0v) is 12.4. The molecule has 2 rings (SSSR count). The van der Waals surface area contributed by atoms with E-state index in [-0.39, 0.29) is 24.2 Å². The van der Waals surface area contributed by atoms with Crippen molar-refractivity contribution in [3.05, 3.63) is 35.6 Å². The van der Waals surface area contributed by atoms with Gasteiger partial charge < -0.3 is 10.4 Å². The predicted octanol–water partition coefficient (Wildman–Crippen LogP) is 1.28. The van der Waals surface area contributed by atoms with E-state index in [0.29, 0.717) is 25.9 Å². The van der Waals surface area contributed by atoms with Gasteiger partial charge in [-0.2, -0.15) is 0 Å². The van der Waals surface area contributed by atoms with E-state index in [9.17, 15) is 14.0 Å². The molecule has 0 saturated carbocycles. The van der Waals surface area contributed by atoms with Gasteiger partial charge in [-0.05, 0) is 43.5 Å².